The Hall–Kier alpha value is -1.69. The molecule has 0 fully saturated rings. The van der Waals surface area contributed by atoms with Crippen LogP contribution in [0.5, 0.6) is 0 Å². The molecule has 0 saturated heterocycles. The molecule has 10 heteroatoms. The number of fused-ring (bicyclic) bond motifs is 1. The molecule has 0 bridgehead atoms. The minimum atomic E-state index is 0. The SMILES string of the molecule is CN=C(NCCCn1cccn1)NC1CCc2nc(COC)nn2C1.I. The summed E-state index contributed by atoms with van der Waals surface area (Å²) < 4.78 is 9.01. The Morgan fingerprint density at radius 3 is 3.08 bits per heavy atom. The number of methoxy groups -OCH3 is 1. The minimum Gasteiger partial charge on any atom is -0.377 e. The summed E-state index contributed by atoms with van der Waals surface area (Å²) in [6.45, 7) is 2.99. The molecule has 2 aromatic rings. The molecule has 0 spiro atoms. The van der Waals surface area contributed by atoms with Gasteiger partial charge < -0.3 is 15.4 Å². The van der Waals surface area contributed by atoms with Crippen molar-refractivity contribution in [3.63, 3.8) is 0 Å². The van der Waals surface area contributed by atoms with Gasteiger partial charge in [-0.1, -0.05) is 0 Å². The van der Waals surface area contributed by atoms with Gasteiger partial charge in [-0.15, -0.1) is 24.0 Å². The van der Waals surface area contributed by atoms with E-state index in [4.69, 9.17) is 4.74 Å². The van der Waals surface area contributed by atoms with Gasteiger partial charge in [-0.05, 0) is 18.9 Å². The lowest BCUT2D eigenvalue weighted by Gasteiger charge is -2.25. The zero-order valence-electron chi connectivity index (χ0n) is 15.3. The molecule has 1 aliphatic heterocycles. The second kappa shape index (κ2) is 10.5. The van der Waals surface area contributed by atoms with Crippen molar-refractivity contribution in [3.05, 3.63) is 30.1 Å². The minimum absolute atomic E-state index is 0. The number of ether oxygens (including phenoxy) is 1. The van der Waals surface area contributed by atoms with Gasteiger partial charge in [0.2, 0.25) is 0 Å². The largest absolute Gasteiger partial charge is 0.377 e. The van der Waals surface area contributed by atoms with Crippen LogP contribution in [0, 0.1) is 0 Å². The number of aliphatic imine (C=N–C) groups is 1. The number of aromatic nitrogens is 5. The molecular formula is C16H27IN8O. The van der Waals surface area contributed by atoms with Gasteiger partial charge in [-0.2, -0.15) is 10.2 Å². The van der Waals surface area contributed by atoms with E-state index in [0.717, 1.165) is 56.5 Å². The maximum atomic E-state index is 5.11. The van der Waals surface area contributed by atoms with E-state index in [1.54, 1.807) is 20.4 Å². The highest BCUT2D eigenvalue weighted by Gasteiger charge is 2.22. The lowest BCUT2D eigenvalue weighted by Crippen LogP contribution is -2.47. The van der Waals surface area contributed by atoms with Crippen LogP contribution in [0.2, 0.25) is 0 Å². The second-order valence-corrected chi connectivity index (χ2v) is 6.06. The second-order valence-electron chi connectivity index (χ2n) is 6.06. The van der Waals surface area contributed by atoms with Gasteiger partial charge in [-0.3, -0.25) is 9.67 Å². The Kier molecular flexibility index (Phi) is 8.29. The smallest absolute Gasteiger partial charge is 0.191 e. The summed E-state index contributed by atoms with van der Waals surface area (Å²) >= 11 is 0. The maximum Gasteiger partial charge on any atom is 0.191 e. The van der Waals surface area contributed by atoms with Crippen LogP contribution >= 0.6 is 24.0 Å². The van der Waals surface area contributed by atoms with E-state index in [2.05, 4.69) is 30.8 Å². The number of aryl methyl sites for hydroxylation is 2. The molecule has 2 aromatic heterocycles. The van der Waals surface area contributed by atoms with Crippen LogP contribution in [0.4, 0.5) is 0 Å². The van der Waals surface area contributed by atoms with Gasteiger partial charge in [0.05, 0.1) is 6.54 Å². The average Bonchev–Trinajstić information content (AvgIpc) is 3.26. The van der Waals surface area contributed by atoms with Crippen LogP contribution < -0.4 is 10.6 Å². The van der Waals surface area contributed by atoms with Crippen molar-refractivity contribution in [3.8, 4) is 0 Å². The predicted molar refractivity (Wildman–Crippen MR) is 110 cm³/mol. The van der Waals surface area contributed by atoms with E-state index >= 15 is 0 Å². The van der Waals surface area contributed by atoms with Crippen molar-refractivity contribution in [1.82, 2.24) is 35.2 Å². The van der Waals surface area contributed by atoms with E-state index in [0.29, 0.717) is 12.6 Å². The fourth-order valence-corrected chi connectivity index (χ4v) is 2.94. The topological polar surface area (TPSA) is 94.2 Å². The first-order valence-electron chi connectivity index (χ1n) is 8.64. The number of hydrogen-bond acceptors (Lipinski definition) is 5. The highest BCUT2D eigenvalue weighted by molar-refractivity contribution is 14.0. The summed E-state index contributed by atoms with van der Waals surface area (Å²) in [4.78, 5) is 8.82. The molecule has 1 aliphatic rings. The van der Waals surface area contributed by atoms with E-state index in [9.17, 15) is 0 Å². The van der Waals surface area contributed by atoms with Crippen molar-refractivity contribution in [2.24, 2.45) is 4.99 Å². The van der Waals surface area contributed by atoms with E-state index < -0.39 is 0 Å². The molecule has 26 heavy (non-hydrogen) atoms. The van der Waals surface area contributed by atoms with Crippen LogP contribution in [-0.2, 0) is 30.9 Å². The van der Waals surface area contributed by atoms with Gasteiger partial charge in [0.15, 0.2) is 11.8 Å². The molecule has 1 atom stereocenters. The quantitative estimate of drug-likeness (QED) is 0.267. The first-order chi connectivity index (χ1) is 12.3. The Morgan fingerprint density at radius 1 is 1.46 bits per heavy atom. The van der Waals surface area contributed by atoms with Gasteiger partial charge in [0.25, 0.3) is 0 Å². The van der Waals surface area contributed by atoms with Crippen molar-refractivity contribution >= 4 is 29.9 Å². The van der Waals surface area contributed by atoms with Crippen molar-refractivity contribution < 1.29 is 4.74 Å². The van der Waals surface area contributed by atoms with Gasteiger partial charge in [0.1, 0.15) is 12.4 Å². The summed E-state index contributed by atoms with van der Waals surface area (Å²) in [5, 5.41) is 15.5. The third-order valence-electron chi connectivity index (χ3n) is 4.16. The number of halogens is 1. The molecule has 3 rings (SSSR count). The summed E-state index contributed by atoms with van der Waals surface area (Å²) in [6.07, 6.45) is 6.68. The summed E-state index contributed by atoms with van der Waals surface area (Å²) in [7, 11) is 3.45. The molecular weight excluding hydrogens is 447 g/mol. The number of nitrogens with zero attached hydrogens (tertiary/aromatic N) is 6. The monoisotopic (exact) mass is 474 g/mol. The molecule has 0 amide bonds. The normalized spacial score (nSPS) is 16.7. The maximum absolute atomic E-state index is 5.11. The average molecular weight is 474 g/mol. The summed E-state index contributed by atoms with van der Waals surface area (Å²) in [5.74, 6) is 2.61. The fraction of sp³-hybridized carbons (Fsp3) is 0.625. The van der Waals surface area contributed by atoms with Gasteiger partial charge >= 0.3 is 0 Å². The zero-order valence-corrected chi connectivity index (χ0v) is 17.6. The first-order valence-corrected chi connectivity index (χ1v) is 8.64. The van der Waals surface area contributed by atoms with Gasteiger partial charge in [0, 0.05) is 52.1 Å². The predicted octanol–water partition coefficient (Wildman–Crippen LogP) is 0.809. The molecule has 0 aromatic carbocycles. The van der Waals surface area contributed by atoms with Crippen molar-refractivity contribution in [1.29, 1.82) is 0 Å². The first kappa shape index (κ1) is 20.6. The van der Waals surface area contributed by atoms with E-state index in [1.165, 1.54) is 0 Å². The van der Waals surface area contributed by atoms with Gasteiger partial charge in [-0.25, -0.2) is 9.67 Å². The van der Waals surface area contributed by atoms with Crippen LogP contribution in [-0.4, -0.2) is 57.2 Å². The van der Waals surface area contributed by atoms with Crippen LogP contribution in [0.25, 0.3) is 0 Å². The Bertz CT molecular complexity index is 684. The third-order valence-corrected chi connectivity index (χ3v) is 4.16. The fourth-order valence-electron chi connectivity index (χ4n) is 2.94. The number of guanidine groups is 1. The lowest BCUT2D eigenvalue weighted by atomic mass is 10.1. The van der Waals surface area contributed by atoms with Crippen LogP contribution in [0.1, 0.15) is 24.5 Å². The highest BCUT2D eigenvalue weighted by atomic mass is 127. The molecule has 3 heterocycles. The standard InChI is InChI=1S/C16H26N8O.HI/c1-17-16(18-7-3-9-23-10-4-8-19-23)20-13-5-6-15-21-14(12-25-2)22-24(15)11-13;/h4,8,10,13H,3,5-7,9,11-12H2,1-2H3,(H2,17,18,20);1H. The summed E-state index contributed by atoms with van der Waals surface area (Å²) in [6, 6.07) is 2.23. The molecule has 9 nitrogen and oxygen atoms in total. The number of nitrogens with one attached hydrogen (secondary N) is 2. The number of rotatable bonds is 7. The molecule has 0 saturated carbocycles. The molecule has 0 aliphatic carbocycles. The Labute approximate surface area is 170 Å². The van der Waals surface area contributed by atoms with Crippen LogP contribution in [0.15, 0.2) is 23.5 Å². The Balaban J connectivity index is 0.00000243. The summed E-state index contributed by atoms with van der Waals surface area (Å²) in [5.41, 5.74) is 0. The molecule has 144 valence electrons. The molecule has 2 N–H and O–H groups in total. The van der Waals surface area contributed by atoms with E-state index in [-0.39, 0.29) is 24.0 Å². The zero-order chi connectivity index (χ0) is 17.5. The Morgan fingerprint density at radius 2 is 2.35 bits per heavy atom. The third kappa shape index (κ3) is 5.66. The lowest BCUT2D eigenvalue weighted by molar-refractivity contribution is 0.177. The van der Waals surface area contributed by atoms with Crippen molar-refractivity contribution in [2.75, 3.05) is 20.7 Å². The molecule has 0 radical (unpaired) electrons. The van der Waals surface area contributed by atoms with Crippen molar-refractivity contribution in [2.45, 2.75) is 45.0 Å². The highest BCUT2D eigenvalue weighted by Crippen LogP contribution is 2.13. The van der Waals surface area contributed by atoms with Crippen LogP contribution in [0.3, 0.4) is 0 Å². The number of hydrogen-bond donors (Lipinski definition) is 2. The van der Waals surface area contributed by atoms with E-state index in [1.807, 2.05) is 21.6 Å². The molecule has 1 unspecified atom stereocenters.